The molecule has 0 bridgehead atoms. The third-order valence-corrected chi connectivity index (χ3v) is 2.52. The average molecular weight is 254 g/mol. The highest BCUT2D eigenvalue weighted by Gasteiger charge is 2.38. The van der Waals surface area contributed by atoms with Crippen LogP contribution in [0.15, 0.2) is 0 Å². The first-order valence-corrected chi connectivity index (χ1v) is 6.10. The largest absolute Gasteiger partial charge is 0.462 e. The molecule has 0 heterocycles. The molecule has 7 nitrogen and oxygen atoms in total. The topological polar surface area (TPSA) is 118 Å². The van der Waals surface area contributed by atoms with Crippen LogP contribution < -0.4 is 0 Å². The molecular formula is C8H14O7S. The lowest BCUT2D eigenvalue weighted by Crippen LogP contribution is -2.45. The molecule has 16 heavy (non-hydrogen) atoms. The molecular weight excluding hydrogens is 240 g/mol. The number of carbonyl (C=O) groups is 2. The van der Waals surface area contributed by atoms with Gasteiger partial charge in [-0.25, -0.2) is 4.79 Å². The molecule has 0 aliphatic heterocycles. The third-order valence-electron chi connectivity index (χ3n) is 1.84. The van der Waals surface area contributed by atoms with Crippen LogP contribution in [0.25, 0.3) is 0 Å². The normalized spacial score (nSPS) is 15.2. The predicted molar refractivity (Wildman–Crippen MR) is 53.3 cm³/mol. The summed E-state index contributed by atoms with van der Waals surface area (Å²) in [6.45, 7) is 1.81. The van der Waals surface area contributed by atoms with Gasteiger partial charge in [-0.1, -0.05) is 6.92 Å². The first-order chi connectivity index (χ1) is 7.11. The fraction of sp³-hybridized carbons (Fsp3) is 0.750. The summed E-state index contributed by atoms with van der Waals surface area (Å²) >= 11 is 0. The Morgan fingerprint density at radius 2 is 1.88 bits per heavy atom. The van der Waals surface area contributed by atoms with Crippen molar-refractivity contribution in [2.24, 2.45) is 0 Å². The predicted octanol–water partition coefficient (Wildman–Crippen LogP) is -0.852. The molecule has 0 aromatic rings. The summed E-state index contributed by atoms with van der Waals surface area (Å²) in [6.07, 6.45) is -0.0552. The Labute approximate surface area is 93.2 Å². The van der Waals surface area contributed by atoms with Crippen LogP contribution in [-0.2, 0) is 24.4 Å². The lowest BCUT2D eigenvalue weighted by atomic mass is 9.99. The number of esters is 1. The Bertz CT molecular complexity index is 368. The molecule has 0 fully saturated rings. The van der Waals surface area contributed by atoms with E-state index in [0.29, 0.717) is 0 Å². The van der Waals surface area contributed by atoms with Crippen LogP contribution in [0.4, 0.5) is 0 Å². The van der Waals surface area contributed by atoms with E-state index in [9.17, 15) is 23.1 Å². The highest BCUT2D eigenvalue weighted by molar-refractivity contribution is 7.85. The van der Waals surface area contributed by atoms with E-state index in [1.807, 2.05) is 0 Å². The van der Waals surface area contributed by atoms with E-state index in [4.69, 9.17) is 4.55 Å². The summed E-state index contributed by atoms with van der Waals surface area (Å²) in [5.74, 6) is -2.75. The van der Waals surface area contributed by atoms with E-state index in [0.717, 1.165) is 6.92 Å². The molecule has 0 saturated heterocycles. The highest BCUT2D eigenvalue weighted by Crippen LogP contribution is 2.10. The van der Waals surface area contributed by atoms with Crippen LogP contribution in [0, 0.1) is 0 Å². The number of ether oxygens (including phenoxy) is 1. The van der Waals surface area contributed by atoms with Gasteiger partial charge < -0.3 is 9.84 Å². The zero-order chi connectivity index (χ0) is 13.0. The number of rotatable bonds is 6. The summed E-state index contributed by atoms with van der Waals surface area (Å²) in [5, 5.41) is 9.44. The van der Waals surface area contributed by atoms with Crippen molar-refractivity contribution in [2.45, 2.75) is 25.9 Å². The van der Waals surface area contributed by atoms with Crippen molar-refractivity contribution < 1.29 is 32.4 Å². The van der Waals surface area contributed by atoms with E-state index in [-0.39, 0.29) is 6.42 Å². The molecule has 0 radical (unpaired) electrons. The van der Waals surface area contributed by atoms with Gasteiger partial charge >= 0.3 is 5.97 Å². The van der Waals surface area contributed by atoms with E-state index in [2.05, 4.69) is 4.74 Å². The Morgan fingerprint density at radius 1 is 1.38 bits per heavy atom. The zero-order valence-corrected chi connectivity index (χ0v) is 9.78. The third kappa shape index (κ3) is 4.69. The fourth-order valence-electron chi connectivity index (χ4n) is 0.838. The second kappa shape index (κ2) is 5.37. The number of carbonyl (C=O) groups excluding carboxylic acids is 2. The second-order valence-electron chi connectivity index (χ2n) is 3.27. The van der Waals surface area contributed by atoms with E-state index >= 15 is 0 Å². The maximum atomic E-state index is 11.2. The molecule has 0 spiro atoms. The molecule has 0 saturated carbocycles. The van der Waals surface area contributed by atoms with E-state index in [1.165, 1.54) is 6.92 Å². The van der Waals surface area contributed by atoms with Crippen LogP contribution in [-0.4, -0.2) is 47.8 Å². The molecule has 94 valence electrons. The molecule has 0 aliphatic rings. The first-order valence-electron chi connectivity index (χ1n) is 4.49. The minimum absolute atomic E-state index is 0.0552. The maximum Gasteiger partial charge on any atom is 0.345 e. The van der Waals surface area contributed by atoms with Crippen molar-refractivity contribution >= 4 is 21.9 Å². The van der Waals surface area contributed by atoms with Crippen LogP contribution >= 0.6 is 0 Å². The van der Waals surface area contributed by atoms with Crippen molar-refractivity contribution in [2.75, 3.05) is 12.4 Å². The van der Waals surface area contributed by atoms with Gasteiger partial charge in [0.05, 0.1) is 0 Å². The van der Waals surface area contributed by atoms with E-state index < -0.39 is 39.8 Å². The Kier molecular flexibility index (Phi) is 5.04. The van der Waals surface area contributed by atoms with Crippen LogP contribution in [0.2, 0.25) is 0 Å². The molecule has 0 amide bonds. The van der Waals surface area contributed by atoms with Gasteiger partial charge in [0, 0.05) is 6.42 Å². The first kappa shape index (κ1) is 15.0. The number of Topliss-reactive ketones (excluding diaryl/α,β-unsaturated/α-hetero) is 1. The molecule has 0 aliphatic carbocycles. The standard InChI is InChI=1S/C8H14O7S/c1-3-6(9)8(2,11)7(10)15-4-5-16(12,13)14/h11H,3-5H2,1-2H3,(H,12,13,14). The summed E-state index contributed by atoms with van der Waals surface area (Å²) in [4.78, 5) is 22.3. The molecule has 0 aromatic heterocycles. The highest BCUT2D eigenvalue weighted by atomic mass is 32.2. The molecule has 0 aromatic carbocycles. The summed E-state index contributed by atoms with van der Waals surface area (Å²) in [7, 11) is -4.23. The fourth-order valence-corrected chi connectivity index (χ4v) is 1.13. The Balaban J connectivity index is 4.32. The molecule has 2 N–H and O–H groups in total. The lowest BCUT2D eigenvalue weighted by Gasteiger charge is -2.18. The minimum Gasteiger partial charge on any atom is -0.462 e. The molecule has 1 unspecified atom stereocenters. The lowest BCUT2D eigenvalue weighted by molar-refractivity contribution is -0.168. The van der Waals surface area contributed by atoms with Gasteiger partial charge in [-0.3, -0.25) is 9.35 Å². The molecule has 8 heteroatoms. The number of ketones is 1. The number of hydrogen-bond donors (Lipinski definition) is 2. The van der Waals surface area contributed by atoms with Gasteiger partial charge in [0.2, 0.25) is 5.60 Å². The van der Waals surface area contributed by atoms with Crippen LogP contribution in [0.1, 0.15) is 20.3 Å². The minimum atomic E-state index is -4.23. The smallest absolute Gasteiger partial charge is 0.345 e. The number of hydrogen-bond acceptors (Lipinski definition) is 6. The quantitative estimate of drug-likeness (QED) is 0.360. The van der Waals surface area contributed by atoms with Gasteiger partial charge in [-0.05, 0) is 6.92 Å². The van der Waals surface area contributed by atoms with Crippen molar-refractivity contribution in [3.05, 3.63) is 0 Å². The maximum absolute atomic E-state index is 11.2. The van der Waals surface area contributed by atoms with Gasteiger partial charge in [0.15, 0.2) is 5.78 Å². The van der Waals surface area contributed by atoms with Gasteiger partial charge in [-0.2, -0.15) is 8.42 Å². The summed E-state index contributed by atoms with van der Waals surface area (Å²) < 4.78 is 33.3. The molecule has 0 rings (SSSR count). The summed E-state index contributed by atoms with van der Waals surface area (Å²) in [5.41, 5.74) is -2.28. The van der Waals surface area contributed by atoms with Gasteiger partial charge in [-0.15, -0.1) is 0 Å². The Morgan fingerprint density at radius 3 is 2.25 bits per heavy atom. The Hall–Kier alpha value is -0.990. The SMILES string of the molecule is CCC(=O)C(C)(O)C(=O)OCCS(=O)(=O)O. The van der Waals surface area contributed by atoms with Crippen molar-refractivity contribution in [3.63, 3.8) is 0 Å². The van der Waals surface area contributed by atoms with Gasteiger partial charge in [0.1, 0.15) is 12.4 Å². The average Bonchev–Trinajstić information content (AvgIpc) is 2.14. The van der Waals surface area contributed by atoms with Crippen molar-refractivity contribution in [1.82, 2.24) is 0 Å². The number of aliphatic hydroxyl groups is 1. The second-order valence-corrected chi connectivity index (χ2v) is 4.84. The zero-order valence-electron chi connectivity index (χ0n) is 8.97. The van der Waals surface area contributed by atoms with Crippen molar-refractivity contribution in [3.8, 4) is 0 Å². The van der Waals surface area contributed by atoms with Crippen molar-refractivity contribution in [1.29, 1.82) is 0 Å². The molecule has 1 atom stereocenters. The van der Waals surface area contributed by atoms with Crippen LogP contribution in [0.3, 0.4) is 0 Å². The monoisotopic (exact) mass is 254 g/mol. The summed E-state index contributed by atoms with van der Waals surface area (Å²) in [6, 6.07) is 0. The van der Waals surface area contributed by atoms with Gasteiger partial charge in [0.25, 0.3) is 10.1 Å². The van der Waals surface area contributed by atoms with Crippen LogP contribution in [0.5, 0.6) is 0 Å². The van der Waals surface area contributed by atoms with E-state index in [1.54, 1.807) is 0 Å².